The lowest BCUT2D eigenvalue weighted by Crippen LogP contribution is -2.33. The van der Waals surface area contributed by atoms with Crippen molar-refractivity contribution in [2.24, 2.45) is 5.73 Å². The van der Waals surface area contributed by atoms with Crippen LogP contribution >= 0.6 is 0 Å². The van der Waals surface area contributed by atoms with E-state index in [1.54, 1.807) is 6.92 Å². The maximum atomic E-state index is 11.6. The second-order valence-corrected chi connectivity index (χ2v) is 4.19. The average Bonchev–Trinajstić information content (AvgIpc) is 2.65. The number of hydrogen-bond acceptors (Lipinski definition) is 5. The predicted molar refractivity (Wildman–Crippen MR) is 59.6 cm³/mol. The quantitative estimate of drug-likeness (QED) is 0.580. The van der Waals surface area contributed by atoms with Crippen LogP contribution in [-0.4, -0.2) is 33.4 Å². The highest BCUT2D eigenvalue weighted by molar-refractivity contribution is 5.02. The molecule has 1 fully saturated rings. The van der Waals surface area contributed by atoms with Crippen LogP contribution in [0.4, 0.5) is 0 Å². The lowest BCUT2D eigenvalue weighted by Gasteiger charge is -2.14. The second-order valence-electron chi connectivity index (χ2n) is 4.19. The van der Waals surface area contributed by atoms with Crippen LogP contribution in [0.1, 0.15) is 18.2 Å². The van der Waals surface area contributed by atoms with Crippen LogP contribution in [0.15, 0.2) is 15.8 Å². The lowest BCUT2D eigenvalue weighted by molar-refractivity contribution is -0.0271. The molecular weight excluding hydrogens is 226 g/mol. The molecule has 1 aromatic heterocycles. The van der Waals surface area contributed by atoms with Gasteiger partial charge in [-0.25, -0.2) is 4.79 Å². The van der Waals surface area contributed by atoms with E-state index in [-0.39, 0.29) is 12.6 Å². The highest BCUT2D eigenvalue weighted by Crippen LogP contribution is 2.25. The molecular formula is C10H15N3O4. The number of nitrogens with two attached hydrogens (primary N) is 1. The molecule has 17 heavy (non-hydrogen) atoms. The molecule has 1 saturated heterocycles. The Morgan fingerprint density at radius 1 is 1.65 bits per heavy atom. The fourth-order valence-electron chi connectivity index (χ4n) is 1.90. The number of aliphatic hydroxyl groups excluding tert-OH is 1. The van der Waals surface area contributed by atoms with Gasteiger partial charge in [-0.05, 0) is 6.92 Å². The van der Waals surface area contributed by atoms with Crippen LogP contribution in [0.2, 0.25) is 0 Å². The highest BCUT2D eigenvalue weighted by atomic mass is 16.5. The first-order valence-electron chi connectivity index (χ1n) is 5.37. The van der Waals surface area contributed by atoms with Gasteiger partial charge < -0.3 is 15.6 Å². The smallest absolute Gasteiger partial charge is 0.330 e. The second kappa shape index (κ2) is 4.44. The van der Waals surface area contributed by atoms with Crippen LogP contribution in [0.5, 0.6) is 0 Å². The van der Waals surface area contributed by atoms with E-state index in [0.717, 1.165) is 0 Å². The lowest BCUT2D eigenvalue weighted by atomic mass is 10.1. The minimum absolute atomic E-state index is 0.186. The molecule has 1 aromatic rings. The summed E-state index contributed by atoms with van der Waals surface area (Å²) < 4.78 is 6.75. The van der Waals surface area contributed by atoms with E-state index in [0.29, 0.717) is 12.0 Å². The molecule has 0 bridgehead atoms. The minimum Gasteiger partial charge on any atom is -0.394 e. The molecule has 4 N–H and O–H groups in total. The number of hydrogen-bond donors (Lipinski definition) is 3. The Kier molecular flexibility index (Phi) is 3.14. The number of ether oxygens (including phenoxy) is 1. The summed E-state index contributed by atoms with van der Waals surface area (Å²) in [5.74, 6) is 0. The Morgan fingerprint density at radius 3 is 2.94 bits per heavy atom. The molecule has 0 radical (unpaired) electrons. The Hall–Kier alpha value is -1.44. The van der Waals surface area contributed by atoms with Gasteiger partial charge in [-0.15, -0.1) is 0 Å². The molecule has 7 nitrogen and oxygen atoms in total. The summed E-state index contributed by atoms with van der Waals surface area (Å²) >= 11 is 0. The van der Waals surface area contributed by atoms with E-state index in [1.165, 1.54) is 10.8 Å². The number of aliphatic hydroxyl groups is 1. The minimum atomic E-state index is -0.537. The molecule has 0 saturated carbocycles. The van der Waals surface area contributed by atoms with Gasteiger partial charge in [0.15, 0.2) is 0 Å². The molecule has 1 unspecified atom stereocenters. The molecule has 2 rings (SSSR count). The number of aromatic amines is 1. The number of aryl methyl sites for hydroxylation is 1. The summed E-state index contributed by atoms with van der Waals surface area (Å²) in [7, 11) is 0. The third kappa shape index (κ3) is 2.17. The Labute approximate surface area is 96.8 Å². The summed E-state index contributed by atoms with van der Waals surface area (Å²) in [6, 6.07) is -0.316. The van der Waals surface area contributed by atoms with Crippen LogP contribution in [0.3, 0.4) is 0 Å². The third-order valence-electron chi connectivity index (χ3n) is 2.92. The first-order valence-corrected chi connectivity index (χ1v) is 5.37. The van der Waals surface area contributed by atoms with Gasteiger partial charge in [-0.2, -0.15) is 0 Å². The van der Waals surface area contributed by atoms with E-state index in [2.05, 4.69) is 4.98 Å². The van der Waals surface area contributed by atoms with Gasteiger partial charge in [0, 0.05) is 24.2 Å². The molecule has 7 heteroatoms. The Morgan fingerprint density at radius 2 is 2.35 bits per heavy atom. The maximum Gasteiger partial charge on any atom is 0.330 e. The monoisotopic (exact) mass is 241 g/mol. The fourth-order valence-corrected chi connectivity index (χ4v) is 1.90. The maximum absolute atomic E-state index is 11.6. The molecule has 94 valence electrons. The van der Waals surface area contributed by atoms with Crippen LogP contribution in [0.25, 0.3) is 0 Å². The van der Waals surface area contributed by atoms with E-state index in [1.807, 2.05) is 0 Å². The standard InChI is InChI=1S/C10H15N3O4/c1-5-3-13(10(16)12-9(5)15)8-2-6(11)7(4-14)17-8/h3,6-8,14H,2,4,11H2,1H3,(H,12,15,16)/t6-,7-,8?/m0/s1. The summed E-state index contributed by atoms with van der Waals surface area (Å²) in [6.07, 6.45) is 0.860. The summed E-state index contributed by atoms with van der Waals surface area (Å²) in [6.45, 7) is 1.42. The van der Waals surface area contributed by atoms with Crippen LogP contribution in [0, 0.1) is 6.92 Å². The molecule has 3 atom stereocenters. The molecule has 0 aliphatic carbocycles. The van der Waals surface area contributed by atoms with Gasteiger partial charge in [-0.3, -0.25) is 14.3 Å². The SMILES string of the molecule is Cc1cn(C2C[C@H](N)[C@H](CO)O2)c(=O)[nH]c1=O. The topological polar surface area (TPSA) is 110 Å². The zero-order chi connectivity index (χ0) is 12.6. The number of nitrogens with one attached hydrogen (secondary N) is 1. The van der Waals surface area contributed by atoms with E-state index in [9.17, 15) is 9.59 Å². The van der Waals surface area contributed by atoms with Crippen molar-refractivity contribution < 1.29 is 9.84 Å². The van der Waals surface area contributed by atoms with Crippen LogP contribution < -0.4 is 17.0 Å². The third-order valence-corrected chi connectivity index (χ3v) is 2.92. The first kappa shape index (κ1) is 12.0. The van der Waals surface area contributed by atoms with E-state index in [4.69, 9.17) is 15.6 Å². The first-order chi connectivity index (χ1) is 8.02. The zero-order valence-corrected chi connectivity index (χ0v) is 9.42. The van der Waals surface area contributed by atoms with Crippen molar-refractivity contribution in [2.75, 3.05) is 6.61 Å². The van der Waals surface area contributed by atoms with Gasteiger partial charge in [0.1, 0.15) is 6.23 Å². The Balaban J connectivity index is 2.34. The molecule has 0 amide bonds. The molecule has 0 aromatic carbocycles. The number of aromatic nitrogens is 2. The predicted octanol–water partition coefficient (Wildman–Crippen LogP) is -1.55. The summed E-state index contributed by atoms with van der Waals surface area (Å²) in [5, 5.41) is 9.02. The van der Waals surface area contributed by atoms with Crippen molar-refractivity contribution in [3.8, 4) is 0 Å². The van der Waals surface area contributed by atoms with Gasteiger partial charge in [-0.1, -0.05) is 0 Å². The van der Waals surface area contributed by atoms with Gasteiger partial charge >= 0.3 is 5.69 Å². The van der Waals surface area contributed by atoms with E-state index < -0.39 is 23.6 Å². The number of nitrogens with zero attached hydrogens (tertiary/aromatic N) is 1. The van der Waals surface area contributed by atoms with Gasteiger partial charge in [0.2, 0.25) is 0 Å². The summed E-state index contributed by atoms with van der Waals surface area (Å²) in [4.78, 5) is 25.0. The molecule has 1 aliphatic rings. The fraction of sp³-hybridized carbons (Fsp3) is 0.600. The van der Waals surface area contributed by atoms with Crippen molar-refractivity contribution in [3.05, 3.63) is 32.6 Å². The van der Waals surface area contributed by atoms with Gasteiger partial charge in [0.25, 0.3) is 5.56 Å². The molecule has 0 spiro atoms. The summed E-state index contributed by atoms with van der Waals surface area (Å²) in [5.41, 5.74) is 5.25. The van der Waals surface area contributed by atoms with E-state index >= 15 is 0 Å². The van der Waals surface area contributed by atoms with Crippen molar-refractivity contribution in [3.63, 3.8) is 0 Å². The number of rotatable bonds is 2. The van der Waals surface area contributed by atoms with Crippen molar-refractivity contribution in [1.29, 1.82) is 0 Å². The normalized spacial score (nSPS) is 28.5. The Bertz CT molecular complexity index is 521. The number of H-pyrrole nitrogens is 1. The highest BCUT2D eigenvalue weighted by Gasteiger charge is 2.33. The van der Waals surface area contributed by atoms with Crippen molar-refractivity contribution in [1.82, 2.24) is 9.55 Å². The largest absolute Gasteiger partial charge is 0.394 e. The van der Waals surface area contributed by atoms with Crippen molar-refractivity contribution in [2.45, 2.75) is 31.7 Å². The van der Waals surface area contributed by atoms with Gasteiger partial charge in [0.05, 0.1) is 12.7 Å². The molecule has 1 aliphatic heterocycles. The van der Waals surface area contributed by atoms with Crippen LogP contribution in [-0.2, 0) is 4.74 Å². The van der Waals surface area contributed by atoms with Crippen molar-refractivity contribution >= 4 is 0 Å². The average molecular weight is 241 g/mol. The zero-order valence-electron chi connectivity index (χ0n) is 9.42. The molecule has 2 heterocycles.